The van der Waals surface area contributed by atoms with Crippen molar-refractivity contribution in [1.82, 2.24) is 5.32 Å². The van der Waals surface area contributed by atoms with E-state index in [1.165, 1.54) is 7.11 Å². The first-order valence-corrected chi connectivity index (χ1v) is 3.16. The quantitative estimate of drug-likeness (QED) is 0.515. The summed E-state index contributed by atoms with van der Waals surface area (Å²) in [5.41, 5.74) is 0. The van der Waals surface area contributed by atoms with Gasteiger partial charge in [0.2, 0.25) is 0 Å². The largest absolute Gasteiger partial charge is 0.468 e. The first-order chi connectivity index (χ1) is 4.34. The van der Waals surface area contributed by atoms with Gasteiger partial charge in [-0.1, -0.05) is 0 Å². The number of esters is 1. The van der Waals surface area contributed by atoms with Crippen molar-refractivity contribution in [3.05, 3.63) is 0 Å². The van der Waals surface area contributed by atoms with E-state index in [1.54, 1.807) is 0 Å². The summed E-state index contributed by atoms with van der Waals surface area (Å²) in [5, 5.41) is 3.03. The number of ether oxygens (including phenoxy) is 1. The van der Waals surface area contributed by atoms with Crippen LogP contribution in [0.2, 0.25) is 0 Å². The van der Waals surface area contributed by atoms with Gasteiger partial charge in [-0.3, -0.25) is 4.79 Å². The minimum Gasteiger partial charge on any atom is -0.468 e. The fourth-order valence-electron chi connectivity index (χ4n) is 1.03. The van der Waals surface area contributed by atoms with Gasteiger partial charge in [0.1, 0.15) is 6.04 Å². The number of nitrogens with one attached hydrogen (secondary N) is 1. The fourth-order valence-corrected chi connectivity index (χ4v) is 1.03. The van der Waals surface area contributed by atoms with Crippen LogP contribution in [0.5, 0.6) is 0 Å². The molecule has 3 heteroatoms. The zero-order chi connectivity index (χ0) is 6.69. The first-order valence-electron chi connectivity index (χ1n) is 3.16. The van der Waals surface area contributed by atoms with E-state index in [1.807, 2.05) is 0 Å². The van der Waals surface area contributed by atoms with Gasteiger partial charge in [-0.2, -0.15) is 0 Å². The molecule has 3 nitrogen and oxygen atoms in total. The van der Waals surface area contributed by atoms with Gasteiger partial charge in [0.15, 0.2) is 0 Å². The van der Waals surface area contributed by atoms with Gasteiger partial charge in [0.05, 0.1) is 7.11 Å². The zero-order valence-electron chi connectivity index (χ0n) is 5.52. The predicted octanol–water partition coefficient (Wildman–Crippen LogP) is 0.157. The van der Waals surface area contributed by atoms with E-state index < -0.39 is 0 Å². The molecule has 1 fully saturated rings. The number of methoxy groups -OCH3 is 1. The van der Waals surface area contributed by atoms with Crippen LogP contribution in [0.15, 0.2) is 0 Å². The van der Waals surface area contributed by atoms with Crippen LogP contribution in [0.25, 0.3) is 0 Å². The van der Waals surface area contributed by atoms with Crippen molar-refractivity contribution in [1.29, 1.82) is 0 Å². The highest BCUT2D eigenvalue weighted by atomic mass is 16.5. The van der Waals surface area contributed by atoms with E-state index in [9.17, 15) is 4.79 Å². The monoisotopic (exact) mass is 131 g/mol. The summed E-state index contributed by atoms with van der Waals surface area (Å²) in [6.07, 6.45) is 2.01. The van der Waals surface area contributed by atoms with Crippen LogP contribution in [0, 0.1) is 0 Å². The number of rotatable bonds is 1. The molecule has 1 N–H and O–H groups in total. The van der Waals surface area contributed by atoms with Gasteiger partial charge in [-0.05, 0) is 19.4 Å². The van der Waals surface area contributed by atoms with Crippen molar-refractivity contribution >= 4 is 5.97 Å². The second-order valence-electron chi connectivity index (χ2n) is 2.17. The summed E-state index contributed by atoms with van der Waals surface area (Å²) in [5.74, 6) is -0.132. The third-order valence-corrected chi connectivity index (χ3v) is 1.55. The van der Waals surface area contributed by atoms with Crippen molar-refractivity contribution in [3.8, 4) is 0 Å². The Labute approximate surface area is 55.9 Å². The minimum absolute atomic E-state index is 0. The molecule has 0 unspecified atom stereocenters. The molecule has 54 valence electrons. The van der Waals surface area contributed by atoms with Crippen molar-refractivity contribution in [3.63, 3.8) is 0 Å². The topological polar surface area (TPSA) is 38.3 Å². The van der Waals surface area contributed by atoms with Gasteiger partial charge in [-0.25, -0.2) is 0 Å². The van der Waals surface area contributed by atoms with Gasteiger partial charge < -0.3 is 10.1 Å². The minimum atomic E-state index is -0.132. The molecule has 0 bridgehead atoms. The molecule has 0 aromatic carbocycles. The number of carbonyl (C=O) groups excluding carboxylic acids is 1. The Morgan fingerprint density at radius 3 is 3.11 bits per heavy atom. The Bertz CT molecular complexity index is 112. The second kappa shape index (κ2) is 2.82. The van der Waals surface area contributed by atoms with E-state index in [-0.39, 0.29) is 13.4 Å². The smallest absolute Gasteiger partial charge is 0.322 e. The summed E-state index contributed by atoms with van der Waals surface area (Å²) in [4.78, 5) is 10.7. The predicted molar refractivity (Wildman–Crippen MR) is 35.2 cm³/mol. The van der Waals surface area contributed by atoms with Crippen molar-refractivity contribution in [2.75, 3.05) is 13.7 Å². The Balaban J connectivity index is 0.000000810. The lowest BCUT2D eigenvalue weighted by Crippen LogP contribution is -2.31. The van der Waals surface area contributed by atoms with Gasteiger partial charge in [0.25, 0.3) is 0 Å². The maximum absolute atomic E-state index is 10.7. The second-order valence-corrected chi connectivity index (χ2v) is 2.17. The third kappa shape index (κ3) is 1.42. The fraction of sp³-hybridized carbons (Fsp3) is 0.833. The van der Waals surface area contributed by atoms with Crippen LogP contribution < -0.4 is 5.32 Å². The average Bonchev–Trinajstić information content (AvgIpc) is 2.37. The summed E-state index contributed by atoms with van der Waals surface area (Å²) in [7, 11) is 1.42. The Morgan fingerprint density at radius 2 is 2.67 bits per heavy atom. The molecule has 0 aromatic rings. The molecule has 1 saturated heterocycles. The lowest BCUT2D eigenvalue weighted by Gasteiger charge is -2.04. The number of hydrogen-bond donors (Lipinski definition) is 1. The SMILES string of the molecule is COC(=O)[C@@H]1CCCN1.[HH]. The van der Waals surface area contributed by atoms with Gasteiger partial charge >= 0.3 is 5.97 Å². The Kier molecular flexibility index (Phi) is 2.05. The lowest BCUT2D eigenvalue weighted by atomic mass is 10.2. The van der Waals surface area contributed by atoms with Crippen molar-refractivity contribution < 1.29 is 11.0 Å². The van der Waals surface area contributed by atoms with Gasteiger partial charge in [0, 0.05) is 1.43 Å². The molecule has 1 atom stereocenters. The molecule has 0 aromatic heterocycles. The molecule has 0 amide bonds. The highest BCUT2D eigenvalue weighted by molar-refractivity contribution is 5.75. The van der Waals surface area contributed by atoms with Crippen LogP contribution in [-0.2, 0) is 9.53 Å². The molecule has 0 saturated carbocycles. The van der Waals surface area contributed by atoms with E-state index in [2.05, 4.69) is 10.1 Å². The summed E-state index contributed by atoms with van der Waals surface area (Å²) >= 11 is 0. The molecule has 1 aliphatic rings. The molecule has 1 aliphatic heterocycles. The molecule has 9 heavy (non-hydrogen) atoms. The van der Waals surface area contributed by atoms with Crippen LogP contribution in [0.4, 0.5) is 0 Å². The molecule has 1 rings (SSSR count). The van der Waals surface area contributed by atoms with Crippen LogP contribution in [-0.4, -0.2) is 25.7 Å². The van der Waals surface area contributed by atoms with E-state index in [0.29, 0.717) is 0 Å². The Hall–Kier alpha value is -0.570. The van der Waals surface area contributed by atoms with Crippen molar-refractivity contribution in [2.45, 2.75) is 18.9 Å². The standard InChI is InChI=1S/C6H11NO2.H2/c1-9-6(8)5-3-2-4-7-5;/h5,7H,2-4H2,1H3;1H/t5-;/m0./s1. The average molecular weight is 131 g/mol. The van der Waals surface area contributed by atoms with Crippen LogP contribution in [0.1, 0.15) is 14.3 Å². The van der Waals surface area contributed by atoms with E-state index in [4.69, 9.17) is 0 Å². The normalized spacial score (nSPS) is 26.1. The van der Waals surface area contributed by atoms with Crippen molar-refractivity contribution in [2.24, 2.45) is 0 Å². The van der Waals surface area contributed by atoms with Gasteiger partial charge in [-0.15, -0.1) is 0 Å². The first kappa shape index (κ1) is 6.55. The highest BCUT2D eigenvalue weighted by Gasteiger charge is 2.21. The molecule has 0 spiro atoms. The number of carbonyl (C=O) groups is 1. The maximum atomic E-state index is 10.7. The zero-order valence-corrected chi connectivity index (χ0v) is 5.52. The third-order valence-electron chi connectivity index (χ3n) is 1.55. The van der Waals surface area contributed by atoms with Crippen LogP contribution in [0.3, 0.4) is 0 Å². The molecule has 0 aliphatic carbocycles. The summed E-state index contributed by atoms with van der Waals surface area (Å²) in [6, 6.07) is -0.0324. The summed E-state index contributed by atoms with van der Waals surface area (Å²) in [6.45, 7) is 0.944. The maximum Gasteiger partial charge on any atom is 0.322 e. The lowest BCUT2D eigenvalue weighted by molar-refractivity contribution is -0.142. The molecular weight excluding hydrogens is 118 g/mol. The van der Waals surface area contributed by atoms with E-state index in [0.717, 1.165) is 19.4 Å². The summed E-state index contributed by atoms with van der Waals surface area (Å²) < 4.78 is 4.53. The molecule has 1 heterocycles. The molecule has 0 radical (unpaired) electrons. The van der Waals surface area contributed by atoms with E-state index >= 15 is 0 Å². The molecular formula is C6H13NO2. The number of hydrogen-bond acceptors (Lipinski definition) is 3. The van der Waals surface area contributed by atoms with Crippen LogP contribution >= 0.6 is 0 Å². The highest BCUT2D eigenvalue weighted by Crippen LogP contribution is 2.05. The Morgan fingerprint density at radius 1 is 1.89 bits per heavy atom.